The van der Waals surface area contributed by atoms with Crippen LogP contribution < -0.4 is 4.74 Å². The highest BCUT2D eigenvalue weighted by atomic mass is 35.5. The van der Waals surface area contributed by atoms with Gasteiger partial charge in [0, 0.05) is 12.3 Å². The van der Waals surface area contributed by atoms with Crippen molar-refractivity contribution in [3.63, 3.8) is 0 Å². The van der Waals surface area contributed by atoms with E-state index in [1.807, 2.05) is 0 Å². The lowest BCUT2D eigenvalue weighted by Crippen LogP contribution is -2.07. The molecule has 2 aromatic heterocycles. The fraction of sp³-hybridized carbons (Fsp3) is 0.176. The molecule has 9 heteroatoms. The highest BCUT2D eigenvalue weighted by Gasteiger charge is 2.24. The number of ether oxygens (including phenoxy) is 1. The molecule has 0 saturated heterocycles. The summed E-state index contributed by atoms with van der Waals surface area (Å²) in [5.41, 5.74) is 0.839. The Kier molecular flexibility index (Phi) is 5.22. The lowest BCUT2D eigenvalue weighted by atomic mass is 10.3. The maximum absolute atomic E-state index is 12.6. The van der Waals surface area contributed by atoms with Crippen LogP contribution >= 0.6 is 23.2 Å². The van der Waals surface area contributed by atoms with Gasteiger partial charge < -0.3 is 9.26 Å². The number of para-hydroxylation sites is 1. The molecule has 3 aromatic rings. The van der Waals surface area contributed by atoms with Crippen LogP contribution in [0.5, 0.6) is 11.6 Å². The minimum Gasteiger partial charge on any atom is -0.436 e. The molecule has 0 unspecified atom stereocenters. The fourth-order valence-corrected chi connectivity index (χ4v) is 4.64. The smallest absolute Gasteiger partial charge is 0.219 e. The van der Waals surface area contributed by atoms with Crippen molar-refractivity contribution in [2.24, 2.45) is 0 Å². The SMILES string of the molecule is Cc1noc(C)c1S(=O)(=O)Cc1ccc(Oc2c(Cl)cccc2Cl)nc1. The molecule has 3 rings (SSSR count). The predicted molar refractivity (Wildman–Crippen MR) is 97.6 cm³/mol. The van der Waals surface area contributed by atoms with E-state index in [1.165, 1.54) is 6.20 Å². The van der Waals surface area contributed by atoms with Gasteiger partial charge in [-0.2, -0.15) is 0 Å². The summed E-state index contributed by atoms with van der Waals surface area (Å²) >= 11 is 12.1. The van der Waals surface area contributed by atoms with Gasteiger partial charge in [0.2, 0.25) is 5.88 Å². The topological polar surface area (TPSA) is 82.3 Å². The molecule has 6 nitrogen and oxygen atoms in total. The van der Waals surface area contributed by atoms with Crippen molar-refractivity contribution in [3.05, 3.63) is 63.6 Å². The number of nitrogens with zero attached hydrogens (tertiary/aromatic N) is 2. The van der Waals surface area contributed by atoms with E-state index in [1.54, 1.807) is 44.2 Å². The quantitative estimate of drug-likeness (QED) is 0.600. The van der Waals surface area contributed by atoms with Crippen LogP contribution in [-0.2, 0) is 15.6 Å². The second-order valence-electron chi connectivity index (χ2n) is 5.57. The Labute approximate surface area is 160 Å². The fourth-order valence-electron chi connectivity index (χ4n) is 2.45. The molecule has 0 aliphatic carbocycles. The normalized spacial score (nSPS) is 11.5. The number of pyridine rings is 1. The molecule has 0 spiro atoms. The van der Waals surface area contributed by atoms with Crippen LogP contribution in [-0.4, -0.2) is 18.6 Å². The summed E-state index contributed by atoms with van der Waals surface area (Å²) < 4.78 is 35.7. The molecule has 136 valence electrons. The van der Waals surface area contributed by atoms with Crippen molar-refractivity contribution >= 4 is 33.0 Å². The lowest BCUT2D eigenvalue weighted by Gasteiger charge is -2.09. The second kappa shape index (κ2) is 7.26. The monoisotopic (exact) mass is 412 g/mol. The molecule has 26 heavy (non-hydrogen) atoms. The Morgan fingerprint density at radius 3 is 2.35 bits per heavy atom. The van der Waals surface area contributed by atoms with Crippen LogP contribution in [0.4, 0.5) is 0 Å². The van der Waals surface area contributed by atoms with Gasteiger partial charge in [-0.25, -0.2) is 13.4 Å². The number of hydrogen-bond donors (Lipinski definition) is 0. The molecular formula is C17H14Cl2N2O4S. The predicted octanol–water partition coefficient (Wildman–Crippen LogP) is 4.76. The van der Waals surface area contributed by atoms with E-state index >= 15 is 0 Å². The number of aryl methyl sites for hydroxylation is 2. The van der Waals surface area contributed by atoms with Crippen LogP contribution in [0.2, 0.25) is 10.0 Å². The van der Waals surface area contributed by atoms with Gasteiger partial charge in [0.05, 0.1) is 21.5 Å². The summed E-state index contributed by atoms with van der Waals surface area (Å²) in [6, 6.07) is 8.16. The molecule has 0 bridgehead atoms. The van der Waals surface area contributed by atoms with Crippen LogP contribution in [0.15, 0.2) is 45.9 Å². The van der Waals surface area contributed by atoms with E-state index < -0.39 is 9.84 Å². The van der Waals surface area contributed by atoms with Crippen molar-refractivity contribution in [2.75, 3.05) is 0 Å². The molecule has 2 heterocycles. The Bertz CT molecular complexity index is 1010. The molecule has 0 radical (unpaired) electrons. The van der Waals surface area contributed by atoms with Gasteiger partial charge in [-0.15, -0.1) is 0 Å². The molecule has 0 amide bonds. The Morgan fingerprint density at radius 1 is 1.12 bits per heavy atom. The number of benzene rings is 1. The van der Waals surface area contributed by atoms with Gasteiger partial charge in [-0.1, -0.05) is 40.5 Å². The third-order valence-corrected chi connectivity index (χ3v) is 6.07. The molecule has 0 fully saturated rings. The highest BCUT2D eigenvalue weighted by molar-refractivity contribution is 7.90. The average molecular weight is 413 g/mol. The van der Waals surface area contributed by atoms with E-state index in [4.69, 9.17) is 32.5 Å². The summed E-state index contributed by atoms with van der Waals surface area (Å²) in [5, 5.41) is 4.39. The molecule has 1 aromatic carbocycles. The first kappa shape index (κ1) is 18.7. The van der Waals surface area contributed by atoms with E-state index in [0.717, 1.165) is 0 Å². The molecule has 0 atom stereocenters. The molecule has 0 aliphatic rings. The van der Waals surface area contributed by atoms with E-state index in [-0.39, 0.29) is 22.3 Å². The summed E-state index contributed by atoms with van der Waals surface area (Å²) in [6.07, 6.45) is 1.43. The Hall–Kier alpha value is -2.09. The third kappa shape index (κ3) is 3.85. The zero-order valence-corrected chi connectivity index (χ0v) is 16.2. The van der Waals surface area contributed by atoms with Crippen LogP contribution in [0.25, 0.3) is 0 Å². The van der Waals surface area contributed by atoms with Gasteiger partial charge in [0.1, 0.15) is 4.90 Å². The minimum atomic E-state index is -3.60. The summed E-state index contributed by atoms with van der Waals surface area (Å²) in [7, 11) is -3.60. The first-order valence-corrected chi connectivity index (χ1v) is 9.91. The largest absolute Gasteiger partial charge is 0.436 e. The van der Waals surface area contributed by atoms with Crippen LogP contribution in [0.3, 0.4) is 0 Å². The average Bonchev–Trinajstić information content (AvgIpc) is 2.92. The van der Waals surface area contributed by atoms with Gasteiger partial charge >= 0.3 is 0 Å². The van der Waals surface area contributed by atoms with Crippen molar-refractivity contribution in [1.82, 2.24) is 10.1 Å². The minimum absolute atomic E-state index is 0.112. The van der Waals surface area contributed by atoms with Crippen molar-refractivity contribution in [1.29, 1.82) is 0 Å². The second-order valence-corrected chi connectivity index (χ2v) is 8.31. The summed E-state index contributed by atoms with van der Waals surface area (Å²) in [4.78, 5) is 4.24. The zero-order valence-electron chi connectivity index (χ0n) is 13.9. The number of aromatic nitrogens is 2. The highest BCUT2D eigenvalue weighted by Crippen LogP contribution is 2.35. The molecule has 0 N–H and O–H groups in total. The summed E-state index contributed by atoms with van der Waals surface area (Å²) in [6.45, 7) is 3.15. The number of hydrogen-bond acceptors (Lipinski definition) is 6. The standard InChI is InChI=1S/C17H14Cl2N2O4S/c1-10-17(11(2)25-21-10)26(22,23)9-12-6-7-15(20-8-12)24-16-13(18)4-3-5-14(16)19/h3-8H,9H2,1-2H3. The van der Waals surface area contributed by atoms with E-state index in [2.05, 4.69) is 10.1 Å². The summed E-state index contributed by atoms with van der Waals surface area (Å²) in [5.74, 6) is 0.581. The maximum Gasteiger partial charge on any atom is 0.219 e. The van der Waals surface area contributed by atoms with Gasteiger partial charge in [-0.3, -0.25) is 0 Å². The first-order valence-electron chi connectivity index (χ1n) is 7.50. The van der Waals surface area contributed by atoms with Gasteiger partial charge in [0.25, 0.3) is 0 Å². The van der Waals surface area contributed by atoms with Gasteiger partial charge in [-0.05, 0) is 31.5 Å². The molecule has 0 aliphatic heterocycles. The number of halogens is 2. The third-order valence-electron chi connectivity index (χ3n) is 3.56. The van der Waals surface area contributed by atoms with Crippen molar-refractivity contribution < 1.29 is 17.7 Å². The molecule has 0 saturated carbocycles. The maximum atomic E-state index is 12.6. The van der Waals surface area contributed by atoms with E-state index in [0.29, 0.717) is 27.1 Å². The van der Waals surface area contributed by atoms with Crippen LogP contribution in [0.1, 0.15) is 17.0 Å². The Morgan fingerprint density at radius 2 is 1.81 bits per heavy atom. The Balaban J connectivity index is 1.80. The van der Waals surface area contributed by atoms with Crippen LogP contribution in [0, 0.1) is 13.8 Å². The van der Waals surface area contributed by atoms with Crippen molar-refractivity contribution in [3.8, 4) is 11.6 Å². The zero-order chi connectivity index (χ0) is 18.9. The first-order chi connectivity index (χ1) is 12.3. The number of rotatable bonds is 5. The lowest BCUT2D eigenvalue weighted by molar-refractivity contribution is 0.390. The van der Waals surface area contributed by atoms with E-state index in [9.17, 15) is 8.42 Å². The van der Waals surface area contributed by atoms with Crippen molar-refractivity contribution in [2.45, 2.75) is 24.5 Å². The number of sulfone groups is 1. The molecular weight excluding hydrogens is 399 g/mol. The van der Waals surface area contributed by atoms with Gasteiger partial charge in [0.15, 0.2) is 21.3 Å².